The molecular formula is C12H12N2O3S. The van der Waals surface area contributed by atoms with E-state index in [1.807, 2.05) is 11.4 Å². The number of ether oxygens (including phenoxy) is 2. The van der Waals surface area contributed by atoms with Crippen molar-refractivity contribution in [1.82, 2.24) is 4.98 Å². The van der Waals surface area contributed by atoms with Gasteiger partial charge >= 0.3 is 5.97 Å². The van der Waals surface area contributed by atoms with Crippen LogP contribution in [0, 0.1) is 0 Å². The second-order valence-corrected chi connectivity index (χ2v) is 4.37. The van der Waals surface area contributed by atoms with Crippen LogP contribution in [0.1, 0.15) is 10.4 Å². The lowest BCUT2D eigenvalue weighted by Gasteiger charge is -2.08. The lowest BCUT2D eigenvalue weighted by atomic mass is 10.1. The summed E-state index contributed by atoms with van der Waals surface area (Å²) in [6, 6.07) is 5.20. The largest absolute Gasteiger partial charge is 0.496 e. The Balaban J connectivity index is 2.48. The van der Waals surface area contributed by atoms with Crippen LogP contribution < -0.4 is 10.5 Å². The lowest BCUT2D eigenvalue weighted by molar-refractivity contribution is 0.0597. The van der Waals surface area contributed by atoms with Gasteiger partial charge in [-0.2, -0.15) is 0 Å². The molecule has 0 spiro atoms. The van der Waals surface area contributed by atoms with Crippen LogP contribution in [-0.4, -0.2) is 25.2 Å². The maximum atomic E-state index is 11.6. The van der Waals surface area contributed by atoms with E-state index in [4.69, 9.17) is 15.2 Å². The number of thiazole rings is 1. The number of nitrogen functional groups attached to an aromatic ring is 1. The number of hydrogen-bond donors (Lipinski definition) is 1. The summed E-state index contributed by atoms with van der Waals surface area (Å²) in [5, 5.41) is 2.32. The first-order valence-corrected chi connectivity index (χ1v) is 6.01. The number of carbonyl (C=O) groups excluding carboxylic acids is 1. The summed E-state index contributed by atoms with van der Waals surface area (Å²) < 4.78 is 9.83. The predicted octanol–water partition coefficient (Wildman–Crippen LogP) is 2.19. The molecule has 0 radical (unpaired) electrons. The van der Waals surface area contributed by atoms with E-state index in [2.05, 4.69) is 4.98 Å². The predicted molar refractivity (Wildman–Crippen MR) is 69.9 cm³/mol. The minimum Gasteiger partial charge on any atom is -0.496 e. The number of nitrogens with zero attached hydrogens (tertiary/aromatic N) is 1. The fraction of sp³-hybridized carbons (Fsp3) is 0.167. The fourth-order valence-corrected chi connectivity index (χ4v) is 2.13. The van der Waals surface area contributed by atoms with Gasteiger partial charge in [-0.25, -0.2) is 9.78 Å². The van der Waals surface area contributed by atoms with Crippen LogP contribution in [0.2, 0.25) is 0 Å². The second-order valence-electron chi connectivity index (χ2n) is 3.48. The molecule has 5 nitrogen and oxygen atoms in total. The maximum Gasteiger partial charge on any atom is 0.341 e. The van der Waals surface area contributed by atoms with E-state index in [9.17, 15) is 4.79 Å². The van der Waals surface area contributed by atoms with Gasteiger partial charge in [0.2, 0.25) is 0 Å². The zero-order valence-electron chi connectivity index (χ0n) is 9.97. The van der Waals surface area contributed by atoms with Crippen molar-refractivity contribution >= 4 is 22.4 Å². The molecule has 0 saturated heterocycles. The molecule has 18 heavy (non-hydrogen) atoms. The Morgan fingerprint density at radius 1 is 1.39 bits per heavy atom. The van der Waals surface area contributed by atoms with E-state index in [1.54, 1.807) is 12.1 Å². The lowest BCUT2D eigenvalue weighted by Crippen LogP contribution is -2.04. The molecule has 0 aliphatic rings. The van der Waals surface area contributed by atoms with Gasteiger partial charge in [-0.15, -0.1) is 11.3 Å². The summed E-state index contributed by atoms with van der Waals surface area (Å²) in [4.78, 5) is 15.8. The first kappa shape index (κ1) is 12.4. The number of benzene rings is 1. The number of aromatic nitrogens is 1. The van der Waals surface area contributed by atoms with Crippen molar-refractivity contribution in [2.75, 3.05) is 20.0 Å². The van der Waals surface area contributed by atoms with Crippen LogP contribution in [0.25, 0.3) is 11.3 Å². The Bertz CT molecular complexity index is 580. The van der Waals surface area contributed by atoms with Gasteiger partial charge in [0.25, 0.3) is 0 Å². The zero-order chi connectivity index (χ0) is 13.1. The smallest absolute Gasteiger partial charge is 0.341 e. The van der Waals surface area contributed by atoms with Gasteiger partial charge in [-0.3, -0.25) is 0 Å². The molecule has 2 aromatic rings. The van der Waals surface area contributed by atoms with Gasteiger partial charge < -0.3 is 15.2 Å². The third-order valence-corrected chi connectivity index (χ3v) is 3.10. The monoisotopic (exact) mass is 264 g/mol. The molecule has 6 heteroatoms. The molecule has 0 amide bonds. The fourth-order valence-electron chi connectivity index (χ4n) is 1.56. The summed E-state index contributed by atoms with van der Waals surface area (Å²) >= 11 is 1.35. The molecule has 1 aromatic heterocycles. The Kier molecular flexibility index (Phi) is 3.47. The van der Waals surface area contributed by atoms with Crippen molar-refractivity contribution in [3.8, 4) is 17.0 Å². The average Bonchev–Trinajstić information content (AvgIpc) is 2.83. The quantitative estimate of drug-likeness (QED) is 0.860. The highest BCUT2D eigenvalue weighted by Gasteiger charge is 2.14. The minimum atomic E-state index is -0.447. The number of carbonyl (C=O) groups is 1. The molecular weight excluding hydrogens is 252 g/mol. The zero-order valence-corrected chi connectivity index (χ0v) is 10.8. The highest BCUT2D eigenvalue weighted by atomic mass is 32.1. The van der Waals surface area contributed by atoms with Gasteiger partial charge in [0.1, 0.15) is 11.3 Å². The van der Waals surface area contributed by atoms with Crippen molar-refractivity contribution in [2.24, 2.45) is 0 Å². The van der Waals surface area contributed by atoms with Crippen LogP contribution in [-0.2, 0) is 4.74 Å². The third kappa shape index (κ3) is 2.28. The molecule has 0 aliphatic carbocycles. The molecule has 0 unspecified atom stereocenters. The van der Waals surface area contributed by atoms with Gasteiger partial charge in [0, 0.05) is 10.9 Å². The van der Waals surface area contributed by atoms with Crippen molar-refractivity contribution in [1.29, 1.82) is 0 Å². The van der Waals surface area contributed by atoms with Crippen LogP contribution in [0.15, 0.2) is 23.6 Å². The van der Waals surface area contributed by atoms with Crippen LogP contribution in [0.4, 0.5) is 5.13 Å². The molecule has 2 N–H and O–H groups in total. The van der Waals surface area contributed by atoms with Crippen LogP contribution >= 0.6 is 11.3 Å². The van der Waals surface area contributed by atoms with Gasteiger partial charge in [0.05, 0.1) is 19.9 Å². The van der Waals surface area contributed by atoms with E-state index >= 15 is 0 Å². The Morgan fingerprint density at radius 3 is 2.72 bits per heavy atom. The summed E-state index contributed by atoms with van der Waals surface area (Å²) in [5.41, 5.74) is 7.47. The first-order valence-electron chi connectivity index (χ1n) is 5.13. The molecule has 0 saturated carbocycles. The molecule has 0 aliphatic heterocycles. The van der Waals surface area contributed by atoms with E-state index in [0.29, 0.717) is 16.4 Å². The highest BCUT2D eigenvalue weighted by molar-refractivity contribution is 7.13. The SMILES string of the molecule is COC(=O)c1cc(-c2csc(N)n2)ccc1OC. The normalized spacial score (nSPS) is 10.1. The summed E-state index contributed by atoms with van der Waals surface area (Å²) in [6.45, 7) is 0. The van der Waals surface area contributed by atoms with Crippen LogP contribution in [0.5, 0.6) is 5.75 Å². The van der Waals surface area contributed by atoms with Crippen molar-refractivity contribution in [3.05, 3.63) is 29.1 Å². The van der Waals surface area contributed by atoms with E-state index < -0.39 is 5.97 Å². The van der Waals surface area contributed by atoms with E-state index in [-0.39, 0.29) is 0 Å². The third-order valence-electron chi connectivity index (χ3n) is 2.42. The molecule has 0 bridgehead atoms. The van der Waals surface area contributed by atoms with Gasteiger partial charge in [-0.05, 0) is 18.2 Å². The summed E-state index contributed by atoms with van der Waals surface area (Å²) in [6.07, 6.45) is 0. The Hall–Kier alpha value is -2.08. The molecule has 94 valence electrons. The molecule has 2 rings (SSSR count). The second kappa shape index (κ2) is 5.05. The van der Waals surface area contributed by atoms with Crippen LogP contribution in [0.3, 0.4) is 0 Å². The molecule has 1 aromatic carbocycles. The summed E-state index contributed by atoms with van der Waals surface area (Å²) in [5.74, 6) is 0.0192. The number of esters is 1. The molecule has 1 heterocycles. The molecule has 0 fully saturated rings. The maximum absolute atomic E-state index is 11.6. The number of anilines is 1. The Labute approximate surface area is 108 Å². The number of rotatable bonds is 3. The van der Waals surface area contributed by atoms with Gasteiger partial charge in [-0.1, -0.05) is 0 Å². The Morgan fingerprint density at radius 2 is 2.17 bits per heavy atom. The minimum absolute atomic E-state index is 0.365. The number of methoxy groups -OCH3 is 2. The van der Waals surface area contributed by atoms with Crippen molar-refractivity contribution in [2.45, 2.75) is 0 Å². The van der Waals surface area contributed by atoms with Crippen molar-refractivity contribution in [3.63, 3.8) is 0 Å². The first-order chi connectivity index (χ1) is 8.65. The standard InChI is InChI=1S/C12H12N2O3S/c1-16-10-4-3-7(5-8(10)11(15)17-2)9-6-18-12(13)14-9/h3-6H,1-2H3,(H2,13,14). The number of nitrogens with two attached hydrogens (primary N) is 1. The summed E-state index contributed by atoms with van der Waals surface area (Å²) in [7, 11) is 2.83. The average molecular weight is 264 g/mol. The topological polar surface area (TPSA) is 74.4 Å². The van der Waals surface area contributed by atoms with E-state index in [1.165, 1.54) is 25.6 Å². The van der Waals surface area contributed by atoms with Gasteiger partial charge in [0.15, 0.2) is 5.13 Å². The number of hydrogen-bond acceptors (Lipinski definition) is 6. The van der Waals surface area contributed by atoms with Crippen molar-refractivity contribution < 1.29 is 14.3 Å². The molecule has 0 atom stereocenters. The highest BCUT2D eigenvalue weighted by Crippen LogP contribution is 2.28. The van der Waals surface area contributed by atoms with E-state index in [0.717, 1.165) is 11.3 Å².